The van der Waals surface area contributed by atoms with Gasteiger partial charge in [0.2, 0.25) is 5.91 Å². The average molecular weight is 225 g/mol. The summed E-state index contributed by atoms with van der Waals surface area (Å²) in [6.45, 7) is 1.52. The van der Waals surface area contributed by atoms with E-state index in [9.17, 15) is 9.59 Å². The topological polar surface area (TPSA) is 57.6 Å². The molecule has 0 heterocycles. The van der Waals surface area contributed by atoms with Crippen LogP contribution >= 0.6 is 0 Å². The first-order chi connectivity index (χ1) is 7.52. The predicted octanol–water partition coefficient (Wildman–Crippen LogP) is 1.81. The Morgan fingerprint density at radius 1 is 1.50 bits per heavy atom. The molecule has 4 nitrogen and oxygen atoms in total. The lowest BCUT2D eigenvalue weighted by molar-refractivity contribution is -0.148. The van der Waals surface area contributed by atoms with Crippen molar-refractivity contribution in [1.29, 1.82) is 0 Å². The molecule has 0 spiro atoms. The van der Waals surface area contributed by atoms with Gasteiger partial charge < -0.3 is 10.0 Å². The van der Waals surface area contributed by atoms with Crippen LogP contribution in [0.1, 0.15) is 39.0 Å². The summed E-state index contributed by atoms with van der Waals surface area (Å²) in [5, 5.41) is 8.80. The van der Waals surface area contributed by atoms with Gasteiger partial charge in [0.05, 0.1) is 0 Å². The first-order valence-corrected chi connectivity index (χ1v) is 5.68. The Hall–Kier alpha value is -1.32. The van der Waals surface area contributed by atoms with Crippen LogP contribution in [0.25, 0.3) is 0 Å². The lowest BCUT2D eigenvalue weighted by Gasteiger charge is -2.22. The number of aliphatic carboxylic acids is 1. The highest BCUT2D eigenvalue weighted by molar-refractivity contribution is 5.84. The van der Waals surface area contributed by atoms with E-state index in [1.807, 2.05) is 0 Å². The third-order valence-electron chi connectivity index (χ3n) is 3.10. The molecular formula is C12H19NO3. The van der Waals surface area contributed by atoms with Crippen LogP contribution in [0.15, 0.2) is 11.6 Å². The van der Waals surface area contributed by atoms with E-state index in [0.29, 0.717) is 6.42 Å². The molecule has 0 radical (unpaired) electrons. The number of carboxylic acid groups (broad SMARTS) is 1. The van der Waals surface area contributed by atoms with Crippen molar-refractivity contribution in [1.82, 2.24) is 4.90 Å². The molecule has 0 aliphatic heterocycles. The van der Waals surface area contributed by atoms with Gasteiger partial charge in [-0.15, -0.1) is 0 Å². The maximum atomic E-state index is 11.8. The first kappa shape index (κ1) is 12.7. The molecule has 1 atom stereocenters. The summed E-state index contributed by atoms with van der Waals surface area (Å²) >= 11 is 0. The van der Waals surface area contributed by atoms with E-state index in [1.54, 1.807) is 7.05 Å². The van der Waals surface area contributed by atoms with Crippen molar-refractivity contribution >= 4 is 11.9 Å². The van der Waals surface area contributed by atoms with Crippen LogP contribution in [0.5, 0.6) is 0 Å². The fourth-order valence-electron chi connectivity index (χ4n) is 1.77. The third kappa shape index (κ3) is 3.36. The second-order valence-electron chi connectivity index (χ2n) is 4.30. The molecule has 0 aromatic heterocycles. The molecule has 1 rings (SSSR count). The Balaban J connectivity index is 2.51. The second kappa shape index (κ2) is 5.68. The zero-order valence-electron chi connectivity index (χ0n) is 9.90. The fraction of sp³-hybridized carbons (Fsp3) is 0.667. The standard InChI is InChI=1S/C12H19NO3/c1-9(12(15)16)13(2)11(14)8-10-6-4-3-5-7-10/h6,9H,3-5,7-8H2,1-2H3,(H,15,16). The van der Waals surface area contributed by atoms with Crippen molar-refractivity contribution in [2.75, 3.05) is 7.05 Å². The molecule has 0 bridgehead atoms. The van der Waals surface area contributed by atoms with Gasteiger partial charge >= 0.3 is 5.97 Å². The zero-order valence-corrected chi connectivity index (χ0v) is 9.90. The van der Waals surface area contributed by atoms with Crippen LogP contribution in [0, 0.1) is 0 Å². The molecule has 0 aromatic carbocycles. The van der Waals surface area contributed by atoms with Crippen LogP contribution in [0.3, 0.4) is 0 Å². The van der Waals surface area contributed by atoms with Gasteiger partial charge in [-0.3, -0.25) is 4.79 Å². The van der Waals surface area contributed by atoms with Crippen molar-refractivity contribution < 1.29 is 14.7 Å². The Labute approximate surface area is 95.9 Å². The Morgan fingerprint density at radius 2 is 2.19 bits per heavy atom. The summed E-state index contributed by atoms with van der Waals surface area (Å²) in [5.74, 6) is -1.07. The Morgan fingerprint density at radius 3 is 2.69 bits per heavy atom. The van der Waals surface area contributed by atoms with Crippen molar-refractivity contribution in [2.45, 2.75) is 45.1 Å². The molecule has 1 aliphatic carbocycles. The van der Waals surface area contributed by atoms with E-state index in [-0.39, 0.29) is 5.91 Å². The molecule has 16 heavy (non-hydrogen) atoms. The molecule has 1 N–H and O–H groups in total. The highest BCUT2D eigenvalue weighted by Crippen LogP contribution is 2.20. The van der Waals surface area contributed by atoms with Gasteiger partial charge in [0, 0.05) is 13.5 Å². The molecule has 1 aliphatic rings. The van der Waals surface area contributed by atoms with Crippen LogP contribution in [0.2, 0.25) is 0 Å². The normalized spacial score (nSPS) is 17.5. The zero-order chi connectivity index (χ0) is 12.1. The van der Waals surface area contributed by atoms with Crippen molar-refractivity contribution in [3.8, 4) is 0 Å². The summed E-state index contributed by atoms with van der Waals surface area (Å²) in [6, 6.07) is -0.753. The fourth-order valence-corrected chi connectivity index (χ4v) is 1.77. The van der Waals surface area contributed by atoms with Gasteiger partial charge in [-0.05, 0) is 32.6 Å². The van der Waals surface area contributed by atoms with Crippen LogP contribution in [-0.2, 0) is 9.59 Å². The number of carbonyl (C=O) groups excluding carboxylic acids is 1. The lowest BCUT2D eigenvalue weighted by Crippen LogP contribution is -2.40. The minimum atomic E-state index is -0.964. The van der Waals surface area contributed by atoms with E-state index >= 15 is 0 Å². The number of carbonyl (C=O) groups is 2. The number of carboxylic acids is 1. The third-order valence-corrected chi connectivity index (χ3v) is 3.10. The van der Waals surface area contributed by atoms with Gasteiger partial charge in [0.1, 0.15) is 6.04 Å². The number of hydrogen-bond donors (Lipinski definition) is 1. The smallest absolute Gasteiger partial charge is 0.326 e. The number of nitrogens with zero attached hydrogens (tertiary/aromatic N) is 1. The van der Waals surface area contributed by atoms with Crippen LogP contribution < -0.4 is 0 Å². The van der Waals surface area contributed by atoms with Gasteiger partial charge in [0.25, 0.3) is 0 Å². The van der Waals surface area contributed by atoms with Gasteiger partial charge in [-0.25, -0.2) is 4.79 Å². The quantitative estimate of drug-likeness (QED) is 0.742. The van der Waals surface area contributed by atoms with Crippen molar-refractivity contribution in [3.63, 3.8) is 0 Å². The van der Waals surface area contributed by atoms with Gasteiger partial charge in [-0.1, -0.05) is 11.6 Å². The number of amides is 1. The molecule has 1 unspecified atom stereocenters. The Bertz CT molecular complexity index is 309. The molecule has 90 valence electrons. The molecule has 0 fully saturated rings. The van der Waals surface area contributed by atoms with E-state index in [0.717, 1.165) is 24.8 Å². The minimum Gasteiger partial charge on any atom is -0.480 e. The average Bonchev–Trinajstić information content (AvgIpc) is 2.28. The SMILES string of the molecule is CC(C(=O)O)N(C)C(=O)CC1=CCCCC1. The largest absolute Gasteiger partial charge is 0.480 e. The molecule has 1 amide bonds. The highest BCUT2D eigenvalue weighted by atomic mass is 16.4. The maximum Gasteiger partial charge on any atom is 0.326 e. The summed E-state index contributed by atoms with van der Waals surface area (Å²) < 4.78 is 0. The summed E-state index contributed by atoms with van der Waals surface area (Å²) in [4.78, 5) is 23.8. The monoisotopic (exact) mass is 225 g/mol. The molecular weight excluding hydrogens is 206 g/mol. The minimum absolute atomic E-state index is 0.108. The Kier molecular flexibility index (Phi) is 4.52. The van der Waals surface area contributed by atoms with Gasteiger partial charge in [-0.2, -0.15) is 0 Å². The highest BCUT2D eigenvalue weighted by Gasteiger charge is 2.22. The summed E-state index contributed by atoms with van der Waals surface area (Å²) in [5.41, 5.74) is 1.15. The predicted molar refractivity (Wildman–Crippen MR) is 61.0 cm³/mol. The number of allylic oxidation sites excluding steroid dienone is 1. The molecule has 0 saturated carbocycles. The molecule has 0 aromatic rings. The van der Waals surface area contributed by atoms with Crippen molar-refractivity contribution in [3.05, 3.63) is 11.6 Å². The first-order valence-electron chi connectivity index (χ1n) is 5.68. The van der Waals surface area contributed by atoms with E-state index in [4.69, 9.17) is 5.11 Å². The second-order valence-corrected chi connectivity index (χ2v) is 4.30. The van der Waals surface area contributed by atoms with Crippen LogP contribution in [0.4, 0.5) is 0 Å². The molecule has 4 heteroatoms. The lowest BCUT2D eigenvalue weighted by atomic mass is 9.97. The number of rotatable bonds is 4. The molecule has 0 saturated heterocycles. The van der Waals surface area contributed by atoms with Gasteiger partial charge in [0.15, 0.2) is 0 Å². The van der Waals surface area contributed by atoms with E-state index in [1.165, 1.54) is 18.2 Å². The summed E-state index contributed by atoms with van der Waals surface area (Å²) in [6.07, 6.45) is 6.83. The van der Waals surface area contributed by atoms with Crippen molar-refractivity contribution in [2.24, 2.45) is 0 Å². The van der Waals surface area contributed by atoms with E-state index in [2.05, 4.69) is 6.08 Å². The van der Waals surface area contributed by atoms with E-state index < -0.39 is 12.0 Å². The van der Waals surface area contributed by atoms with Crippen LogP contribution in [-0.4, -0.2) is 35.0 Å². The number of likely N-dealkylation sites (N-methyl/N-ethyl adjacent to an activating group) is 1. The maximum absolute atomic E-state index is 11.8. The number of hydrogen-bond acceptors (Lipinski definition) is 2. The summed E-state index contributed by atoms with van der Waals surface area (Å²) in [7, 11) is 1.55.